The molecule has 2 aliphatic heterocycles. The van der Waals surface area contributed by atoms with Crippen LogP contribution >= 0.6 is 11.3 Å². The van der Waals surface area contributed by atoms with Gasteiger partial charge in [0, 0.05) is 42.8 Å². The van der Waals surface area contributed by atoms with Crippen LogP contribution in [0.4, 0.5) is 5.82 Å². The highest BCUT2D eigenvalue weighted by molar-refractivity contribution is 7.10. The summed E-state index contributed by atoms with van der Waals surface area (Å²) in [6, 6.07) is 4.14. The second kappa shape index (κ2) is 5.60. The van der Waals surface area contributed by atoms with E-state index in [1.807, 2.05) is 36.2 Å². The van der Waals surface area contributed by atoms with E-state index in [-0.39, 0.29) is 5.92 Å². The van der Waals surface area contributed by atoms with Gasteiger partial charge < -0.3 is 9.80 Å². The SMILES string of the molecule is Cc1cc(N2CC(C(=O)N3CCc4sccc4C3)C2)nc(C)n1. The highest BCUT2D eigenvalue weighted by Crippen LogP contribution is 2.28. The lowest BCUT2D eigenvalue weighted by atomic mass is 9.97. The van der Waals surface area contributed by atoms with Crippen molar-refractivity contribution in [1.29, 1.82) is 0 Å². The van der Waals surface area contributed by atoms with Gasteiger partial charge in [-0.2, -0.15) is 0 Å². The molecule has 0 spiro atoms. The molecule has 0 bridgehead atoms. The van der Waals surface area contributed by atoms with E-state index in [0.717, 1.165) is 49.9 Å². The maximum atomic E-state index is 12.7. The van der Waals surface area contributed by atoms with E-state index in [4.69, 9.17) is 0 Å². The molecule has 2 aromatic heterocycles. The first kappa shape index (κ1) is 14.6. The van der Waals surface area contributed by atoms with Gasteiger partial charge in [0.05, 0.1) is 5.92 Å². The first-order valence-corrected chi connectivity index (χ1v) is 8.89. The molecular weight excluding hydrogens is 308 g/mol. The van der Waals surface area contributed by atoms with E-state index >= 15 is 0 Å². The number of hydrogen-bond donors (Lipinski definition) is 0. The lowest BCUT2D eigenvalue weighted by Crippen LogP contribution is -2.55. The van der Waals surface area contributed by atoms with Crippen LogP contribution in [-0.4, -0.2) is 40.4 Å². The Balaban J connectivity index is 1.39. The molecule has 1 amide bonds. The smallest absolute Gasteiger partial charge is 0.229 e. The van der Waals surface area contributed by atoms with E-state index in [1.165, 1.54) is 10.4 Å². The van der Waals surface area contributed by atoms with E-state index in [2.05, 4.69) is 26.3 Å². The normalized spacial score (nSPS) is 17.8. The molecule has 4 rings (SSSR count). The first-order chi connectivity index (χ1) is 11.1. The van der Waals surface area contributed by atoms with Crippen LogP contribution in [0.15, 0.2) is 17.5 Å². The van der Waals surface area contributed by atoms with Crippen molar-refractivity contribution < 1.29 is 4.79 Å². The number of carbonyl (C=O) groups is 1. The Labute approximate surface area is 140 Å². The Kier molecular flexibility index (Phi) is 3.56. The topological polar surface area (TPSA) is 49.3 Å². The Hall–Kier alpha value is -1.95. The summed E-state index contributed by atoms with van der Waals surface area (Å²) in [5.41, 5.74) is 2.30. The Morgan fingerprint density at radius 2 is 2.13 bits per heavy atom. The standard InChI is InChI=1S/C17H20N4OS/c1-11-7-16(19-12(2)18-11)21-9-14(10-21)17(22)20-5-3-15-13(8-20)4-6-23-15/h4,6-7,14H,3,5,8-10H2,1-2H3. The molecule has 0 radical (unpaired) electrons. The fourth-order valence-corrected chi connectivity index (χ4v) is 4.27. The van der Waals surface area contributed by atoms with Crippen molar-refractivity contribution >= 4 is 23.1 Å². The monoisotopic (exact) mass is 328 g/mol. The van der Waals surface area contributed by atoms with Crippen LogP contribution < -0.4 is 4.90 Å². The fourth-order valence-electron chi connectivity index (χ4n) is 3.38. The summed E-state index contributed by atoms with van der Waals surface area (Å²) in [5.74, 6) is 2.12. The van der Waals surface area contributed by atoms with Gasteiger partial charge >= 0.3 is 0 Å². The molecule has 0 saturated carbocycles. The predicted octanol–water partition coefficient (Wildman–Crippen LogP) is 2.18. The second-order valence-corrected chi connectivity index (χ2v) is 7.40. The molecular formula is C17H20N4OS. The van der Waals surface area contributed by atoms with Crippen molar-refractivity contribution in [3.05, 3.63) is 39.5 Å². The van der Waals surface area contributed by atoms with Gasteiger partial charge in [0.1, 0.15) is 11.6 Å². The number of fused-ring (bicyclic) bond motifs is 1. The molecule has 120 valence electrons. The molecule has 0 unspecified atom stereocenters. The highest BCUT2D eigenvalue weighted by Gasteiger charge is 2.37. The molecule has 2 aliphatic rings. The van der Waals surface area contributed by atoms with Crippen molar-refractivity contribution in [3.63, 3.8) is 0 Å². The number of aromatic nitrogens is 2. The molecule has 0 atom stereocenters. The van der Waals surface area contributed by atoms with Crippen LogP contribution in [0.3, 0.4) is 0 Å². The third-order valence-electron chi connectivity index (χ3n) is 4.63. The van der Waals surface area contributed by atoms with Gasteiger partial charge in [0.2, 0.25) is 5.91 Å². The zero-order valence-corrected chi connectivity index (χ0v) is 14.3. The summed E-state index contributed by atoms with van der Waals surface area (Å²) in [6.45, 7) is 7.05. The summed E-state index contributed by atoms with van der Waals surface area (Å²) >= 11 is 1.81. The number of nitrogens with zero attached hydrogens (tertiary/aromatic N) is 4. The number of aryl methyl sites for hydroxylation is 2. The summed E-state index contributed by atoms with van der Waals surface area (Å²) in [7, 11) is 0. The van der Waals surface area contributed by atoms with Crippen molar-refractivity contribution in [2.75, 3.05) is 24.5 Å². The highest BCUT2D eigenvalue weighted by atomic mass is 32.1. The molecule has 4 heterocycles. The number of amides is 1. The van der Waals surface area contributed by atoms with Crippen LogP contribution in [0.1, 0.15) is 22.0 Å². The van der Waals surface area contributed by atoms with E-state index < -0.39 is 0 Å². The average molecular weight is 328 g/mol. The van der Waals surface area contributed by atoms with Gasteiger partial charge in [0.15, 0.2) is 0 Å². The van der Waals surface area contributed by atoms with Crippen molar-refractivity contribution in [1.82, 2.24) is 14.9 Å². The van der Waals surface area contributed by atoms with E-state index in [0.29, 0.717) is 5.91 Å². The molecule has 1 fully saturated rings. The summed E-state index contributed by atoms with van der Waals surface area (Å²) in [6.07, 6.45) is 0.999. The largest absolute Gasteiger partial charge is 0.355 e. The van der Waals surface area contributed by atoms with Gasteiger partial charge in [0.25, 0.3) is 0 Å². The van der Waals surface area contributed by atoms with Crippen LogP contribution in [0.25, 0.3) is 0 Å². The summed E-state index contributed by atoms with van der Waals surface area (Å²) < 4.78 is 0. The molecule has 0 N–H and O–H groups in total. The lowest BCUT2D eigenvalue weighted by molar-refractivity contribution is -0.137. The van der Waals surface area contributed by atoms with Crippen molar-refractivity contribution in [2.45, 2.75) is 26.8 Å². The van der Waals surface area contributed by atoms with Crippen LogP contribution in [-0.2, 0) is 17.8 Å². The lowest BCUT2D eigenvalue weighted by Gasteiger charge is -2.42. The van der Waals surface area contributed by atoms with Crippen LogP contribution in [0.5, 0.6) is 0 Å². The molecule has 5 nitrogen and oxygen atoms in total. The summed E-state index contributed by atoms with van der Waals surface area (Å²) in [5, 5.41) is 2.13. The Morgan fingerprint density at radius 1 is 1.30 bits per heavy atom. The Bertz CT molecular complexity index is 731. The molecule has 6 heteroatoms. The minimum absolute atomic E-state index is 0.103. The number of hydrogen-bond acceptors (Lipinski definition) is 5. The van der Waals surface area contributed by atoms with Crippen LogP contribution in [0, 0.1) is 19.8 Å². The number of rotatable bonds is 2. The Morgan fingerprint density at radius 3 is 2.91 bits per heavy atom. The number of carbonyl (C=O) groups excluding carboxylic acids is 1. The zero-order chi connectivity index (χ0) is 16.0. The quantitative estimate of drug-likeness (QED) is 0.848. The van der Waals surface area contributed by atoms with Gasteiger partial charge in [-0.05, 0) is 37.3 Å². The predicted molar refractivity (Wildman–Crippen MR) is 90.6 cm³/mol. The zero-order valence-electron chi connectivity index (χ0n) is 13.5. The van der Waals surface area contributed by atoms with Crippen molar-refractivity contribution in [2.24, 2.45) is 5.92 Å². The third kappa shape index (κ3) is 2.72. The average Bonchev–Trinajstić information content (AvgIpc) is 2.91. The van der Waals surface area contributed by atoms with Gasteiger partial charge in [-0.25, -0.2) is 9.97 Å². The molecule has 1 saturated heterocycles. The van der Waals surface area contributed by atoms with E-state index in [1.54, 1.807) is 0 Å². The number of anilines is 1. The second-order valence-electron chi connectivity index (χ2n) is 6.40. The first-order valence-electron chi connectivity index (χ1n) is 8.01. The minimum Gasteiger partial charge on any atom is -0.355 e. The minimum atomic E-state index is 0.103. The fraction of sp³-hybridized carbons (Fsp3) is 0.471. The third-order valence-corrected chi connectivity index (χ3v) is 5.65. The summed E-state index contributed by atoms with van der Waals surface area (Å²) in [4.78, 5) is 27.1. The van der Waals surface area contributed by atoms with Gasteiger partial charge in [-0.3, -0.25) is 4.79 Å². The maximum Gasteiger partial charge on any atom is 0.229 e. The van der Waals surface area contributed by atoms with E-state index in [9.17, 15) is 4.79 Å². The molecule has 23 heavy (non-hydrogen) atoms. The maximum absolute atomic E-state index is 12.7. The van der Waals surface area contributed by atoms with Gasteiger partial charge in [-0.15, -0.1) is 11.3 Å². The molecule has 0 aliphatic carbocycles. The molecule has 2 aromatic rings. The molecule has 0 aromatic carbocycles. The van der Waals surface area contributed by atoms with Gasteiger partial charge in [-0.1, -0.05) is 0 Å². The van der Waals surface area contributed by atoms with Crippen LogP contribution in [0.2, 0.25) is 0 Å². The number of thiophene rings is 1. The van der Waals surface area contributed by atoms with Crippen molar-refractivity contribution in [3.8, 4) is 0 Å².